The minimum Gasteiger partial charge on any atom is -0.444 e. The number of amides is 2. The number of nitrogens with two attached hydrogens (primary N) is 1. The number of nitrogens with zero attached hydrogens (tertiary/aromatic N) is 4. The average molecular weight is 584 g/mol. The molecule has 1 fully saturated rings. The molecule has 1 aromatic heterocycles. The molecule has 11 heteroatoms. The fraction of sp³-hybridized carbons (Fsp3) is 0.455. The molecular weight excluding hydrogens is 556 g/mol. The largest absolute Gasteiger partial charge is 0.444 e. The van der Waals surface area contributed by atoms with Gasteiger partial charge in [-0.15, -0.1) is 0 Å². The van der Waals surface area contributed by atoms with Gasteiger partial charge in [-0.25, -0.2) is 14.8 Å². The van der Waals surface area contributed by atoms with Crippen molar-refractivity contribution in [3.8, 4) is 0 Å². The zero-order chi connectivity index (χ0) is 24.2. The van der Waals surface area contributed by atoms with Crippen LogP contribution in [-0.4, -0.2) is 64.7 Å². The maximum absolute atomic E-state index is 13.4. The van der Waals surface area contributed by atoms with Gasteiger partial charge in [0.1, 0.15) is 23.8 Å². The molecule has 9 nitrogen and oxygen atoms in total. The quantitative estimate of drug-likeness (QED) is 0.519. The van der Waals surface area contributed by atoms with Gasteiger partial charge in [-0.05, 0) is 76.4 Å². The van der Waals surface area contributed by atoms with Crippen LogP contribution < -0.4 is 16.0 Å². The predicted octanol–water partition coefficient (Wildman–Crippen LogP) is 3.37. The van der Waals surface area contributed by atoms with Gasteiger partial charge < -0.3 is 25.6 Å². The van der Waals surface area contributed by atoms with Crippen LogP contribution in [0.4, 0.5) is 16.3 Å². The number of halogens is 2. The number of benzene rings is 1. The molecule has 1 aromatic carbocycles. The number of nitrogen functional groups attached to an aromatic ring is 1. The van der Waals surface area contributed by atoms with E-state index in [0.29, 0.717) is 47.2 Å². The third-order valence-corrected chi connectivity index (χ3v) is 6.36. The lowest BCUT2D eigenvalue weighted by atomic mass is 10.0. The molecule has 2 aromatic rings. The van der Waals surface area contributed by atoms with Gasteiger partial charge in [0.25, 0.3) is 0 Å². The van der Waals surface area contributed by atoms with Gasteiger partial charge in [0.05, 0.1) is 5.69 Å². The molecule has 33 heavy (non-hydrogen) atoms. The van der Waals surface area contributed by atoms with E-state index in [2.05, 4.69) is 52.0 Å². The van der Waals surface area contributed by atoms with Crippen molar-refractivity contribution in [2.24, 2.45) is 0 Å². The van der Waals surface area contributed by atoms with Crippen LogP contribution in [0.5, 0.6) is 0 Å². The second-order valence-electron chi connectivity index (χ2n) is 8.76. The molecule has 0 spiro atoms. The Morgan fingerprint density at radius 3 is 2.36 bits per heavy atom. The minimum atomic E-state index is -0.784. The Labute approximate surface area is 210 Å². The van der Waals surface area contributed by atoms with Crippen LogP contribution in [0.25, 0.3) is 0 Å². The van der Waals surface area contributed by atoms with Crippen molar-refractivity contribution in [3.05, 3.63) is 45.2 Å². The zero-order valence-corrected chi connectivity index (χ0v) is 22.0. The Balaban J connectivity index is 1.74. The lowest BCUT2D eigenvalue weighted by Crippen LogP contribution is -2.56. The van der Waals surface area contributed by atoms with Crippen LogP contribution >= 0.6 is 31.9 Å². The van der Waals surface area contributed by atoms with E-state index in [1.54, 1.807) is 31.9 Å². The van der Waals surface area contributed by atoms with Crippen LogP contribution in [0.2, 0.25) is 0 Å². The van der Waals surface area contributed by atoms with Crippen LogP contribution in [0.15, 0.2) is 39.7 Å². The second-order valence-corrected chi connectivity index (χ2v) is 10.5. The van der Waals surface area contributed by atoms with E-state index in [-0.39, 0.29) is 5.91 Å². The van der Waals surface area contributed by atoms with Crippen molar-refractivity contribution in [3.63, 3.8) is 0 Å². The Hall–Kier alpha value is -2.40. The molecule has 0 bridgehead atoms. The number of alkyl carbamates (subject to hydrolysis) is 1. The van der Waals surface area contributed by atoms with Gasteiger partial charge in [0, 0.05) is 47.7 Å². The van der Waals surface area contributed by atoms with Crippen LogP contribution in [0.3, 0.4) is 0 Å². The molecule has 0 unspecified atom stereocenters. The van der Waals surface area contributed by atoms with E-state index in [9.17, 15) is 9.59 Å². The number of carbonyl (C=O) groups excluding carboxylic acids is 2. The first-order valence-electron chi connectivity index (χ1n) is 10.6. The average Bonchev–Trinajstić information content (AvgIpc) is 2.76. The summed E-state index contributed by atoms with van der Waals surface area (Å²) >= 11 is 6.88. The summed E-state index contributed by atoms with van der Waals surface area (Å²) in [6.45, 7) is 7.66. The van der Waals surface area contributed by atoms with Gasteiger partial charge in [0.2, 0.25) is 5.91 Å². The maximum atomic E-state index is 13.4. The molecule has 1 aliphatic rings. The summed E-state index contributed by atoms with van der Waals surface area (Å²) in [6, 6.07) is 4.77. The van der Waals surface area contributed by atoms with Crippen LogP contribution in [0, 0.1) is 0 Å². The smallest absolute Gasteiger partial charge is 0.408 e. The summed E-state index contributed by atoms with van der Waals surface area (Å²) in [4.78, 5) is 38.1. The van der Waals surface area contributed by atoms with Crippen LogP contribution in [0.1, 0.15) is 26.3 Å². The highest BCUT2D eigenvalue weighted by atomic mass is 79.9. The van der Waals surface area contributed by atoms with E-state index >= 15 is 0 Å². The van der Waals surface area contributed by atoms with Crippen molar-refractivity contribution >= 4 is 55.4 Å². The predicted molar refractivity (Wildman–Crippen MR) is 134 cm³/mol. The summed E-state index contributed by atoms with van der Waals surface area (Å²) < 4.78 is 6.84. The van der Waals surface area contributed by atoms with Gasteiger partial charge in [-0.3, -0.25) is 4.79 Å². The molecule has 0 aliphatic carbocycles. The summed E-state index contributed by atoms with van der Waals surface area (Å²) in [7, 11) is 0. The summed E-state index contributed by atoms with van der Waals surface area (Å²) in [5.74, 6) is 0.671. The molecule has 178 valence electrons. The third-order valence-electron chi connectivity index (χ3n) is 5.05. The number of ether oxygens (including phenoxy) is 1. The van der Waals surface area contributed by atoms with Gasteiger partial charge >= 0.3 is 6.09 Å². The molecule has 1 atom stereocenters. The number of nitrogens with one attached hydrogen (secondary N) is 1. The van der Waals surface area contributed by atoms with Gasteiger partial charge in [-0.1, -0.05) is 0 Å². The number of rotatable bonds is 5. The Morgan fingerprint density at radius 1 is 1.18 bits per heavy atom. The molecule has 3 rings (SSSR count). The highest BCUT2D eigenvalue weighted by molar-refractivity contribution is 9.11. The fourth-order valence-electron chi connectivity index (χ4n) is 3.49. The van der Waals surface area contributed by atoms with E-state index < -0.39 is 17.7 Å². The normalized spacial score (nSPS) is 15.2. The summed E-state index contributed by atoms with van der Waals surface area (Å²) in [5, 5.41) is 2.77. The standard InChI is InChI=1S/C22H28Br2N6O3/c1-22(2,3)33-21(32)28-17(12-14-10-15(23)19(25)16(24)11-14)20(31)30-8-6-29(7-9-30)18-4-5-26-13-27-18/h4-5,10-11,13,17H,6-9,12,25H2,1-3H3,(H,28,32)/t17-/m0/s1. The van der Waals surface area contributed by atoms with Gasteiger partial charge in [0.15, 0.2) is 0 Å². The van der Waals surface area contributed by atoms with E-state index in [1.807, 2.05) is 18.2 Å². The monoisotopic (exact) mass is 582 g/mol. The van der Waals surface area contributed by atoms with Crippen molar-refractivity contribution in [1.29, 1.82) is 0 Å². The summed E-state index contributed by atoms with van der Waals surface area (Å²) in [5.41, 5.74) is 6.74. The first kappa shape index (κ1) is 25.2. The van der Waals surface area contributed by atoms with E-state index in [0.717, 1.165) is 11.4 Å². The molecule has 2 amide bonds. The molecule has 0 radical (unpaired) electrons. The topological polar surface area (TPSA) is 114 Å². The lowest BCUT2D eigenvalue weighted by molar-refractivity contribution is -0.133. The van der Waals surface area contributed by atoms with E-state index in [1.165, 1.54) is 6.33 Å². The molecule has 3 N–H and O–H groups in total. The third kappa shape index (κ3) is 7.04. The Morgan fingerprint density at radius 2 is 1.82 bits per heavy atom. The minimum absolute atomic E-state index is 0.160. The number of carbonyl (C=O) groups is 2. The SMILES string of the molecule is CC(C)(C)OC(=O)N[C@@H](Cc1cc(Br)c(N)c(Br)c1)C(=O)N1CCN(c2ccncn2)CC1. The molecule has 0 saturated carbocycles. The molecule has 2 heterocycles. The second kappa shape index (κ2) is 10.7. The van der Waals surface area contributed by atoms with Crippen molar-refractivity contribution in [2.45, 2.75) is 38.8 Å². The summed E-state index contributed by atoms with van der Waals surface area (Å²) in [6.07, 6.45) is 2.87. The number of hydrogen-bond donors (Lipinski definition) is 2. The fourth-order valence-corrected chi connectivity index (χ4v) is 4.77. The number of piperazine rings is 1. The van der Waals surface area contributed by atoms with Crippen LogP contribution in [-0.2, 0) is 16.0 Å². The number of aromatic nitrogens is 2. The van der Waals surface area contributed by atoms with Crippen molar-refractivity contribution in [2.75, 3.05) is 36.8 Å². The first-order valence-corrected chi connectivity index (χ1v) is 12.1. The number of hydrogen-bond acceptors (Lipinski definition) is 7. The zero-order valence-electron chi connectivity index (χ0n) is 18.8. The lowest BCUT2D eigenvalue weighted by Gasteiger charge is -2.37. The Kier molecular flexibility index (Phi) is 8.17. The van der Waals surface area contributed by atoms with E-state index in [4.69, 9.17) is 10.5 Å². The first-order chi connectivity index (χ1) is 15.5. The molecular formula is C22H28Br2N6O3. The Bertz CT molecular complexity index is 968. The van der Waals surface area contributed by atoms with Crippen molar-refractivity contribution in [1.82, 2.24) is 20.2 Å². The molecule has 1 saturated heterocycles. The maximum Gasteiger partial charge on any atom is 0.408 e. The molecule has 1 aliphatic heterocycles. The number of anilines is 2. The van der Waals surface area contributed by atoms with Gasteiger partial charge in [-0.2, -0.15) is 0 Å². The highest BCUT2D eigenvalue weighted by Gasteiger charge is 2.31. The van der Waals surface area contributed by atoms with Crippen molar-refractivity contribution < 1.29 is 14.3 Å². The highest BCUT2D eigenvalue weighted by Crippen LogP contribution is 2.30.